The summed E-state index contributed by atoms with van der Waals surface area (Å²) in [6.07, 6.45) is 5.15. The van der Waals surface area contributed by atoms with Crippen molar-refractivity contribution in [2.24, 2.45) is 7.05 Å². The van der Waals surface area contributed by atoms with E-state index in [1.807, 2.05) is 29.5 Å². The highest BCUT2D eigenvalue weighted by Crippen LogP contribution is 2.41. The predicted molar refractivity (Wildman–Crippen MR) is 150 cm³/mol. The number of aromatic nitrogens is 5. The van der Waals surface area contributed by atoms with Crippen molar-refractivity contribution in [2.45, 2.75) is 64.7 Å². The van der Waals surface area contributed by atoms with Crippen molar-refractivity contribution in [1.82, 2.24) is 39.7 Å². The summed E-state index contributed by atoms with van der Waals surface area (Å²) in [6.45, 7) is 13.8. The number of ether oxygens (including phenoxy) is 1. The molecule has 2 aromatic heterocycles. The van der Waals surface area contributed by atoms with Gasteiger partial charge in [0, 0.05) is 48.4 Å². The number of benzene rings is 1. The Morgan fingerprint density at radius 1 is 1.23 bits per heavy atom. The summed E-state index contributed by atoms with van der Waals surface area (Å²) in [6, 6.07) is 6.77. The fraction of sp³-hybridized carbons (Fsp3) is 0.552. The molecule has 0 saturated carbocycles. The molecule has 1 fully saturated rings. The third-order valence-corrected chi connectivity index (χ3v) is 8.41. The van der Waals surface area contributed by atoms with E-state index in [9.17, 15) is 5.11 Å². The second kappa shape index (κ2) is 9.67. The average Bonchev–Trinajstić information content (AvgIpc) is 3.68. The maximum absolute atomic E-state index is 9.89. The number of rotatable bonds is 6. The molecule has 3 aliphatic heterocycles. The maximum atomic E-state index is 9.89. The van der Waals surface area contributed by atoms with Crippen LogP contribution in [-0.2, 0) is 7.05 Å². The Morgan fingerprint density at radius 3 is 2.82 bits per heavy atom. The topological polar surface area (TPSA) is 96.5 Å². The first-order chi connectivity index (χ1) is 18.7. The van der Waals surface area contributed by atoms with E-state index >= 15 is 0 Å². The number of nitrogens with zero attached hydrogens (tertiary/aromatic N) is 7. The maximum Gasteiger partial charge on any atom is 0.176 e. The van der Waals surface area contributed by atoms with E-state index < -0.39 is 0 Å². The quantitative estimate of drug-likeness (QED) is 0.499. The molecule has 3 aliphatic rings. The zero-order valence-electron chi connectivity index (χ0n) is 23.8. The minimum absolute atomic E-state index is 0.0263. The van der Waals surface area contributed by atoms with Crippen LogP contribution in [0, 0.1) is 6.92 Å². The fourth-order valence-electron chi connectivity index (χ4n) is 6.15. The lowest BCUT2D eigenvalue weighted by Crippen LogP contribution is -2.45. The van der Waals surface area contributed by atoms with E-state index in [2.05, 4.69) is 77.4 Å². The number of likely N-dealkylation sites (tertiary alicyclic amines) is 1. The Kier molecular flexibility index (Phi) is 6.42. The summed E-state index contributed by atoms with van der Waals surface area (Å²) in [7, 11) is 2.03. The van der Waals surface area contributed by atoms with Gasteiger partial charge in [0.25, 0.3) is 0 Å². The molecule has 5 heterocycles. The van der Waals surface area contributed by atoms with Gasteiger partial charge in [0.15, 0.2) is 5.82 Å². The molecule has 0 spiro atoms. The molecule has 10 heteroatoms. The van der Waals surface area contributed by atoms with Gasteiger partial charge in [-0.2, -0.15) is 10.2 Å². The lowest BCUT2D eigenvalue weighted by Gasteiger charge is -2.33. The molecule has 0 radical (unpaired) electrons. The average molecular weight is 533 g/mol. The molecule has 208 valence electrons. The van der Waals surface area contributed by atoms with E-state index in [0.29, 0.717) is 12.5 Å². The van der Waals surface area contributed by atoms with Gasteiger partial charge in [0.2, 0.25) is 0 Å². The largest absolute Gasteiger partial charge is 0.491 e. The van der Waals surface area contributed by atoms with Crippen LogP contribution in [0.2, 0.25) is 0 Å². The monoisotopic (exact) mass is 532 g/mol. The Morgan fingerprint density at radius 2 is 2.05 bits per heavy atom. The van der Waals surface area contributed by atoms with Crippen LogP contribution in [0.15, 0.2) is 30.6 Å². The minimum Gasteiger partial charge on any atom is -0.491 e. The SMILES string of the molecule is Cc1nc(C2=CN3CCOc4cc(-c5cnn(C)c5C5CCN(C(C)(C)CO)C5)ccc4C3N2)n(C(C)C)n1. The summed E-state index contributed by atoms with van der Waals surface area (Å²) in [4.78, 5) is 9.40. The first-order valence-corrected chi connectivity index (χ1v) is 14.0. The number of hydrogen-bond acceptors (Lipinski definition) is 8. The van der Waals surface area contributed by atoms with Gasteiger partial charge in [-0.05, 0) is 59.2 Å². The first kappa shape index (κ1) is 25.9. The van der Waals surface area contributed by atoms with E-state index in [0.717, 1.165) is 65.8 Å². The molecular formula is C29H40N8O2. The number of aryl methyl sites for hydroxylation is 2. The smallest absolute Gasteiger partial charge is 0.176 e. The number of nitrogens with one attached hydrogen (secondary N) is 1. The Balaban J connectivity index is 1.29. The number of hydrogen-bond donors (Lipinski definition) is 2. The van der Waals surface area contributed by atoms with E-state index in [1.54, 1.807) is 0 Å². The first-order valence-electron chi connectivity index (χ1n) is 14.0. The molecule has 2 atom stereocenters. The third-order valence-electron chi connectivity index (χ3n) is 8.41. The summed E-state index contributed by atoms with van der Waals surface area (Å²) in [5.74, 6) is 2.89. The lowest BCUT2D eigenvalue weighted by atomic mass is 9.95. The highest BCUT2D eigenvalue weighted by atomic mass is 16.5. The van der Waals surface area contributed by atoms with Gasteiger partial charge < -0.3 is 20.1 Å². The van der Waals surface area contributed by atoms with Crippen molar-refractivity contribution in [3.05, 3.63) is 53.5 Å². The summed E-state index contributed by atoms with van der Waals surface area (Å²) in [5.41, 5.74) is 5.38. The number of aliphatic hydroxyl groups is 1. The van der Waals surface area contributed by atoms with Crippen molar-refractivity contribution in [2.75, 3.05) is 32.8 Å². The van der Waals surface area contributed by atoms with E-state index in [4.69, 9.17) is 9.72 Å². The molecule has 0 bridgehead atoms. The molecule has 10 nitrogen and oxygen atoms in total. The van der Waals surface area contributed by atoms with Gasteiger partial charge in [0.05, 0.1) is 30.7 Å². The fourth-order valence-corrected chi connectivity index (χ4v) is 6.15. The molecule has 1 aromatic carbocycles. The summed E-state index contributed by atoms with van der Waals surface area (Å²) < 4.78 is 10.3. The molecule has 0 aliphatic carbocycles. The molecule has 0 amide bonds. The minimum atomic E-state index is -0.223. The molecule has 3 aromatic rings. The van der Waals surface area contributed by atoms with Crippen molar-refractivity contribution in [3.8, 4) is 16.9 Å². The molecule has 2 unspecified atom stereocenters. The van der Waals surface area contributed by atoms with Gasteiger partial charge in [-0.1, -0.05) is 12.1 Å². The zero-order valence-corrected chi connectivity index (χ0v) is 23.8. The van der Waals surface area contributed by atoms with Crippen LogP contribution in [0.3, 0.4) is 0 Å². The summed E-state index contributed by atoms with van der Waals surface area (Å²) in [5, 5.41) is 22.8. The molecule has 39 heavy (non-hydrogen) atoms. The van der Waals surface area contributed by atoms with Crippen LogP contribution >= 0.6 is 0 Å². The third kappa shape index (κ3) is 4.49. The highest BCUT2D eigenvalue weighted by molar-refractivity contribution is 5.70. The van der Waals surface area contributed by atoms with Crippen LogP contribution in [-0.4, -0.2) is 77.8 Å². The predicted octanol–water partition coefficient (Wildman–Crippen LogP) is 3.42. The number of fused-ring (bicyclic) bond motifs is 3. The second-order valence-corrected chi connectivity index (χ2v) is 11.9. The Labute approximate surface area is 230 Å². The van der Waals surface area contributed by atoms with Crippen LogP contribution in [0.5, 0.6) is 5.75 Å². The van der Waals surface area contributed by atoms with Gasteiger partial charge in [-0.15, -0.1) is 0 Å². The standard InChI is InChI=1S/C29H40N8O2/c1-18(2)37-28(31-19(3)33-37)24-16-35-11-12-39-25-13-20(7-8-22(25)27(35)32-24)23-14-30-34(6)26(23)21-9-10-36(15-21)29(4,5)17-38/h7-8,13-14,16,18,21,27,32,38H,9-12,15,17H2,1-6H3. The zero-order chi connectivity index (χ0) is 27.5. The molecule has 6 rings (SSSR count). The van der Waals surface area contributed by atoms with Crippen LogP contribution in [0.25, 0.3) is 16.8 Å². The van der Waals surface area contributed by atoms with Crippen LogP contribution < -0.4 is 10.1 Å². The summed E-state index contributed by atoms with van der Waals surface area (Å²) >= 11 is 0. The highest BCUT2D eigenvalue weighted by Gasteiger charge is 2.37. The van der Waals surface area contributed by atoms with Crippen molar-refractivity contribution in [1.29, 1.82) is 0 Å². The normalized spacial score (nSPS) is 21.4. The van der Waals surface area contributed by atoms with Gasteiger partial charge >= 0.3 is 0 Å². The Hall–Kier alpha value is -3.37. The number of aliphatic hydroxyl groups excluding tert-OH is 1. The van der Waals surface area contributed by atoms with Gasteiger partial charge in [-0.25, -0.2) is 9.67 Å². The van der Waals surface area contributed by atoms with Crippen molar-refractivity contribution in [3.63, 3.8) is 0 Å². The lowest BCUT2D eigenvalue weighted by molar-refractivity contribution is 0.0763. The van der Waals surface area contributed by atoms with Crippen molar-refractivity contribution < 1.29 is 9.84 Å². The van der Waals surface area contributed by atoms with E-state index in [-0.39, 0.29) is 24.4 Å². The van der Waals surface area contributed by atoms with Gasteiger partial charge in [-0.3, -0.25) is 9.58 Å². The molecule has 1 saturated heterocycles. The second-order valence-electron chi connectivity index (χ2n) is 11.9. The van der Waals surface area contributed by atoms with Crippen LogP contribution in [0.4, 0.5) is 0 Å². The Bertz CT molecular complexity index is 1400. The van der Waals surface area contributed by atoms with E-state index in [1.165, 1.54) is 5.69 Å². The van der Waals surface area contributed by atoms with Crippen molar-refractivity contribution >= 4 is 5.70 Å². The van der Waals surface area contributed by atoms with Crippen LogP contribution in [0.1, 0.15) is 75.1 Å². The molecule has 2 N–H and O–H groups in total. The molecular weight excluding hydrogens is 492 g/mol. The van der Waals surface area contributed by atoms with Gasteiger partial charge in [0.1, 0.15) is 24.3 Å².